The van der Waals surface area contributed by atoms with E-state index in [2.05, 4.69) is 5.32 Å². The van der Waals surface area contributed by atoms with Crippen LogP contribution < -0.4 is 15.5 Å². The summed E-state index contributed by atoms with van der Waals surface area (Å²) in [6, 6.07) is 3.00. The minimum atomic E-state index is -0.817. The maximum absolute atomic E-state index is 14.0. The predicted molar refractivity (Wildman–Crippen MR) is 119 cm³/mol. The molecule has 0 radical (unpaired) electrons. The van der Waals surface area contributed by atoms with Crippen LogP contribution in [0.5, 0.6) is 5.75 Å². The first-order valence-corrected chi connectivity index (χ1v) is 11.2. The monoisotopic (exact) mass is 475 g/mol. The second-order valence-electron chi connectivity index (χ2n) is 8.89. The number of aliphatic hydroxyl groups is 1. The lowest BCUT2D eigenvalue weighted by Crippen LogP contribution is -2.48. The SMILES string of the molecule is CCCCOc1c2n(cc(C(=O)NCc3ccc(F)cc3F)c1=O)[C@]1(C[C@H]1CO)CN(C)C2=O. The molecule has 1 aliphatic heterocycles. The van der Waals surface area contributed by atoms with E-state index in [0.717, 1.165) is 12.5 Å². The maximum atomic E-state index is 14.0. The van der Waals surface area contributed by atoms with E-state index in [1.807, 2.05) is 6.92 Å². The molecule has 4 rings (SSSR count). The normalized spacial score (nSPS) is 20.9. The van der Waals surface area contributed by atoms with Crippen LogP contribution in [0.25, 0.3) is 0 Å². The Morgan fingerprint density at radius 2 is 2.09 bits per heavy atom. The van der Waals surface area contributed by atoms with Crippen LogP contribution in [0.4, 0.5) is 8.78 Å². The van der Waals surface area contributed by atoms with Gasteiger partial charge in [-0.2, -0.15) is 0 Å². The number of amides is 2. The highest BCUT2D eigenvalue weighted by molar-refractivity contribution is 5.99. The third-order valence-corrected chi connectivity index (χ3v) is 6.57. The van der Waals surface area contributed by atoms with Gasteiger partial charge in [0.05, 0.1) is 12.1 Å². The molecule has 2 atom stereocenters. The van der Waals surface area contributed by atoms with Crippen LogP contribution in [0, 0.1) is 17.6 Å². The van der Waals surface area contributed by atoms with Crippen molar-refractivity contribution in [2.45, 2.75) is 38.3 Å². The first kappa shape index (κ1) is 23.9. The van der Waals surface area contributed by atoms with E-state index in [-0.39, 0.29) is 48.2 Å². The summed E-state index contributed by atoms with van der Waals surface area (Å²) in [4.78, 5) is 40.8. The number of benzene rings is 1. The molecule has 2 heterocycles. The molecule has 182 valence electrons. The molecule has 8 nitrogen and oxygen atoms in total. The summed E-state index contributed by atoms with van der Waals surface area (Å²) < 4.78 is 34.5. The van der Waals surface area contributed by atoms with Crippen molar-refractivity contribution in [3.8, 4) is 5.75 Å². The van der Waals surface area contributed by atoms with Crippen molar-refractivity contribution in [1.82, 2.24) is 14.8 Å². The molecule has 2 N–H and O–H groups in total. The van der Waals surface area contributed by atoms with E-state index in [1.165, 1.54) is 17.2 Å². The first-order chi connectivity index (χ1) is 16.2. The predicted octanol–water partition coefficient (Wildman–Crippen LogP) is 2.03. The van der Waals surface area contributed by atoms with Gasteiger partial charge in [0, 0.05) is 50.5 Å². The number of fused-ring (bicyclic) bond motifs is 2. The minimum Gasteiger partial charge on any atom is -0.487 e. The molecule has 1 aromatic heterocycles. The highest BCUT2D eigenvalue weighted by Gasteiger charge is 2.60. The van der Waals surface area contributed by atoms with E-state index in [1.54, 1.807) is 11.6 Å². The van der Waals surface area contributed by atoms with Crippen molar-refractivity contribution in [3.05, 3.63) is 63.1 Å². The molecular formula is C24H27F2N3O5. The zero-order valence-corrected chi connectivity index (χ0v) is 19.1. The van der Waals surface area contributed by atoms with E-state index in [9.17, 15) is 28.3 Å². The molecule has 1 aliphatic carbocycles. The Bertz CT molecular complexity index is 1200. The van der Waals surface area contributed by atoms with Crippen molar-refractivity contribution in [3.63, 3.8) is 0 Å². The summed E-state index contributed by atoms with van der Waals surface area (Å²) >= 11 is 0. The summed E-state index contributed by atoms with van der Waals surface area (Å²) in [5, 5.41) is 12.3. The fraction of sp³-hybridized carbons (Fsp3) is 0.458. The number of hydrogen-bond acceptors (Lipinski definition) is 5. The lowest BCUT2D eigenvalue weighted by atomic mass is 10.0. The van der Waals surface area contributed by atoms with Gasteiger partial charge in [0.25, 0.3) is 11.8 Å². The summed E-state index contributed by atoms with van der Waals surface area (Å²) in [6.45, 7) is 2.10. The van der Waals surface area contributed by atoms with Gasteiger partial charge in [0.2, 0.25) is 5.43 Å². The average Bonchev–Trinajstić information content (AvgIpc) is 3.51. The number of carbonyl (C=O) groups is 2. The molecular weight excluding hydrogens is 448 g/mol. The summed E-state index contributed by atoms with van der Waals surface area (Å²) in [5.74, 6) is -3.07. The Morgan fingerprint density at radius 3 is 2.74 bits per heavy atom. The molecule has 0 unspecified atom stereocenters. The van der Waals surface area contributed by atoms with Gasteiger partial charge in [-0.3, -0.25) is 14.4 Å². The quantitative estimate of drug-likeness (QED) is 0.569. The van der Waals surface area contributed by atoms with Crippen LogP contribution >= 0.6 is 0 Å². The molecule has 1 fully saturated rings. The van der Waals surface area contributed by atoms with E-state index in [4.69, 9.17) is 4.74 Å². The Labute approximate surface area is 195 Å². The van der Waals surface area contributed by atoms with Crippen LogP contribution in [0.15, 0.2) is 29.2 Å². The molecule has 1 saturated carbocycles. The summed E-state index contributed by atoms with van der Waals surface area (Å²) in [6.07, 6.45) is 3.36. The van der Waals surface area contributed by atoms with Gasteiger partial charge in [0.15, 0.2) is 11.4 Å². The lowest BCUT2D eigenvalue weighted by Gasteiger charge is -2.36. The van der Waals surface area contributed by atoms with Crippen LogP contribution in [-0.4, -0.2) is 53.2 Å². The Kier molecular flexibility index (Phi) is 6.44. The smallest absolute Gasteiger partial charge is 0.274 e. The second-order valence-corrected chi connectivity index (χ2v) is 8.89. The summed E-state index contributed by atoms with van der Waals surface area (Å²) in [5.41, 5.74) is -1.51. The molecule has 34 heavy (non-hydrogen) atoms. The van der Waals surface area contributed by atoms with Crippen molar-refractivity contribution in [2.75, 3.05) is 26.8 Å². The van der Waals surface area contributed by atoms with Gasteiger partial charge in [-0.05, 0) is 18.9 Å². The standard InChI is InChI=1S/C24H27F2N3O5/c1-3-4-7-34-21-19-23(33)28(2)13-24(9-15(24)12-30)29(19)11-17(20(21)31)22(32)27-10-14-5-6-16(25)8-18(14)26/h5-6,8,11,15,30H,3-4,7,9-10,12-13H2,1-2H3,(H,27,32)/t15-,24+/m0/s1. The van der Waals surface area contributed by atoms with Crippen molar-refractivity contribution >= 4 is 11.8 Å². The number of halogens is 2. The third kappa shape index (κ3) is 4.06. The van der Waals surface area contributed by atoms with Crippen molar-refractivity contribution in [1.29, 1.82) is 0 Å². The number of carbonyl (C=O) groups excluding carboxylic acids is 2. The number of aromatic nitrogens is 1. The molecule has 1 aromatic carbocycles. The van der Waals surface area contributed by atoms with Crippen molar-refractivity contribution < 1.29 is 28.2 Å². The zero-order valence-electron chi connectivity index (χ0n) is 19.1. The topological polar surface area (TPSA) is 101 Å². The van der Waals surface area contributed by atoms with E-state index in [0.29, 0.717) is 25.5 Å². The van der Waals surface area contributed by atoms with E-state index >= 15 is 0 Å². The molecule has 2 aromatic rings. The minimum absolute atomic E-state index is 0.0584. The van der Waals surface area contributed by atoms with Gasteiger partial charge in [-0.1, -0.05) is 19.4 Å². The van der Waals surface area contributed by atoms with Crippen molar-refractivity contribution in [2.24, 2.45) is 5.92 Å². The number of likely N-dealkylation sites (N-methyl/N-ethyl adjacent to an activating group) is 1. The molecule has 0 saturated heterocycles. The number of rotatable bonds is 8. The lowest BCUT2D eigenvalue weighted by molar-refractivity contribution is 0.0669. The number of hydrogen-bond donors (Lipinski definition) is 2. The van der Waals surface area contributed by atoms with Crippen LogP contribution in [-0.2, 0) is 12.1 Å². The fourth-order valence-corrected chi connectivity index (χ4v) is 4.52. The fourth-order valence-electron chi connectivity index (χ4n) is 4.52. The second kappa shape index (κ2) is 9.17. The number of unbranched alkanes of at least 4 members (excludes halogenated alkanes) is 1. The first-order valence-electron chi connectivity index (χ1n) is 11.2. The zero-order chi connectivity index (χ0) is 24.6. The Balaban J connectivity index is 1.74. The molecule has 0 bridgehead atoms. The van der Waals surface area contributed by atoms with Crippen LogP contribution in [0.3, 0.4) is 0 Å². The van der Waals surface area contributed by atoms with Gasteiger partial charge in [0.1, 0.15) is 17.2 Å². The van der Waals surface area contributed by atoms with Gasteiger partial charge in [-0.15, -0.1) is 0 Å². The van der Waals surface area contributed by atoms with E-state index < -0.39 is 34.4 Å². The van der Waals surface area contributed by atoms with Gasteiger partial charge >= 0.3 is 0 Å². The Morgan fingerprint density at radius 1 is 1.32 bits per heavy atom. The number of ether oxygens (including phenoxy) is 1. The molecule has 2 amide bonds. The molecule has 1 spiro atoms. The van der Waals surface area contributed by atoms with Gasteiger partial charge in [-0.25, -0.2) is 8.78 Å². The van der Waals surface area contributed by atoms with Gasteiger partial charge < -0.3 is 24.6 Å². The third-order valence-electron chi connectivity index (χ3n) is 6.57. The molecule has 2 aliphatic rings. The molecule has 10 heteroatoms. The maximum Gasteiger partial charge on any atom is 0.274 e. The summed E-state index contributed by atoms with van der Waals surface area (Å²) in [7, 11) is 1.62. The van der Waals surface area contributed by atoms with Crippen LogP contribution in [0.2, 0.25) is 0 Å². The number of pyridine rings is 1. The largest absolute Gasteiger partial charge is 0.487 e. The number of nitrogens with one attached hydrogen (secondary N) is 1. The highest BCUT2D eigenvalue weighted by atomic mass is 19.1. The highest BCUT2D eigenvalue weighted by Crippen LogP contribution is 2.53. The number of nitrogens with zero attached hydrogens (tertiary/aromatic N) is 2. The number of aliphatic hydroxyl groups excluding tert-OH is 1. The Hall–Kier alpha value is -3.27. The van der Waals surface area contributed by atoms with Crippen LogP contribution in [0.1, 0.15) is 52.6 Å². The average molecular weight is 475 g/mol.